The summed E-state index contributed by atoms with van der Waals surface area (Å²) in [6.45, 7) is 5.19. The SMILES string of the molecule is CC(NC(=O)c1cccc(CS(C)(=O)=O)c1)c1ccc(N2CCOCC2)cc1. The maximum atomic E-state index is 12.6. The number of carbonyl (C=O) groups is 1. The smallest absolute Gasteiger partial charge is 0.251 e. The number of hydrogen-bond donors (Lipinski definition) is 1. The molecule has 0 radical (unpaired) electrons. The highest BCUT2D eigenvalue weighted by atomic mass is 32.2. The average molecular weight is 403 g/mol. The summed E-state index contributed by atoms with van der Waals surface area (Å²) in [5.41, 5.74) is 3.23. The predicted molar refractivity (Wildman–Crippen MR) is 110 cm³/mol. The van der Waals surface area contributed by atoms with Gasteiger partial charge >= 0.3 is 0 Å². The van der Waals surface area contributed by atoms with Gasteiger partial charge in [-0.2, -0.15) is 0 Å². The fourth-order valence-electron chi connectivity index (χ4n) is 3.26. The molecular weight excluding hydrogens is 376 g/mol. The molecule has 0 saturated carbocycles. The van der Waals surface area contributed by atoms with Crippen molar-refractivity contribution in [3.8, 4) is 0 Å². The summed E-state index contributed by atoms with van der Waals surface area (Å²) < 4.78 is 28.3. The Kier molecular flexibility index (Phi) is 6.36. The molecule has 1 aliphatic rings. The molecule has 0 aromatic heterocycles. The molecule has 2 aromatic carbocycles. The minimum atomic E-state index is -3.14. The van der Waals surface area contributed by atoms with Gasteiger partial charge < -0.3 is 15.0 Å². The number of sulfone groups is 1. The van der Waals surface area contributed by atoms with Crippen molar-refractivity contribution in [2.45, 2.75) is 18.7 Å². The van der Waals surface area contributed by atoms with E-state index < -0.39 is 9.84 Å². The highest BCUT2D eigenvalue weighted by Gasteiger charge is 2.15. The Morgan fingerprint density at radius 1 is 1.14 bits per heavy atom. The molecule has 1 atom stereocenters. The molecule has 0 spiro atoms. The van der Waals surface area contributed by atoms with Crippen LogP contribution in [0.3, 0.4) is 0 Å². The monoisotopic (exact) mass is 402 g/mol. The zero-order valence-corrected chi connectivity index (χ0v) is 17.0. The van der Waals surface area contributed by atoms with Gasteiger partial charge in [0.15, 0.2) is 9.84 Å². The molecule has 0 bridgehead atoms. The van der Waals surface area contributed by atoms with Gasteiger partial charge in [-0.3, -0.25) is 4.79 Å². The first-order valence-corrected chi connectivity index (χ1v) is 11.4. The zero-order chi connectivity index (χ0) is 20.1. The van der Waals surface area contributed by atoms with E-state index in [0.717, 1.165) is 37.6 Å². The number of anilines is 1. The second kappa shape index (κ2) is 8.75. The van der Waals surface area contributed by atoms with Crippen LogP contribution in [0.25, 0.3) is 0 Å². The molecule has 0 aliphatic carbocycles. The van der Waals surface area contributed by atoms with Crippen LogP contribution in [0.1, 0.15) is 34.5 Å². The van der Waals surface area contributed by atoms with Gasteiger partial charge in [-0.05, 0) is 42.3 Å². The maximum absolute atomic E-state index is 12.6. The molecule has 3 rings (SSSR count). The van der Waals surface area contributed by atoms with Crippen LogP contribution >= 0.6 is 0 Å². The molecule has 7 heteroatoms. The molecule has 1 heterocycles. The standard InChI is InChI=1S/C21H26N2O4S/c1-16(18-6-8-20(9-7-18)23-10-12-27-13-11-23)22-21(24)19-5-3-4-17(14-19)15-28(2,25)26/h3-9,14,16H,10-13,15H2,1-2H3,(H,22,24). The molecule has 2 aromatic rings. The van der Waals surface area contributed by atoms with E-state index in [0.29, 0.717) is 11.1 Å². The van der Waals surface area contributed by atoms with E-state index in [4.69, 9.17) is 4.74 Å². The van der Waals surface area contributed by atoms with E-state index in [1.165, 1.54) is 6.26 Å². The summed E-state index contributed by atoms with van der Waals surface area (Å²) in [7, 11) is -3.14. The zero-order valence-electron chi connectivity index (χ0n) is 16.2. The van der Waals surface area contributed by atoms with Crippen LogP contribution in [0.15, 0.2) is 48.5 Å². The van der Waals surface area contributed by atoms with Crippen LogP contribution in [0.4, 0.5) is 5.69 Å². The summed E-state index contributed by atoms with van der Waals surface area (Å²) in [6.07, 6.45) is 1.18. The average Bonchev–Trinajstić information content (AvgIpc) is 2.67. The summed E-state index contributed by atoms with van der Waals surface area (Å²) in [6, 6.07) is 14.8. The lowest BCUT2D eigenvalue weighted by atomic mass is 10.1. The fourth-order valence-corrected chi connectivity index (χ4v) is 4.05. The van der Waals surface area contributed by atoms with E-state index in [2.05, 4.69) is 22.3 Å². The molecule has 1 fully saturated rings. The van der Waals surface area contributed by atoms with Gasteiger partial charge in [0.25, 0.3) is 5.91 Å². The van der Waals surface area contributed by atoms with Crippen molar-refractivity contribution in [3.63, 3.8) is 0 Å². The van der Waals surface area contributed by atoms with Gasteiger partial charge in [0.05, 0.1) is 25.0 Å². The Labute approximate surface area is 166 Å². The van der Waals surface area contributed by atoms with Crippen LogP contribution in [0.2, 0.25) is 0 Å². The number of rotatable bonds is 6. The number of ether oxygens (including phenoxy) is 1. The van der Waals surface area contributed by atoms with Crippen molar-refractivity contribution in [3.05, 3.63) is 65.2 Å². The quantitative estimate of drug-likeness (QED) is 0.804. The number of hydrogen-bond acceptors (Lipinski definition) is 5. The number of nitrogens with one attached hydrogen (secondary N) is 1. The van der Waals surface area contributed by atoms with Crippen LogP contribution in [0.5, 0.6) is 0 Å². The maximum Gasteiger partial charge on any atom is 0.251 e. The van der Waals surface area contributed by atoms with Gasteiger partial charge in [-0.1, -0.05) is 24.3 Å². The highest BCUT2D eigenvalue weighted by Crippen LogP contribution is 2.20. The van der Waals surface area contributed by atoms with Gasteiger partial charge in [0.2, 0.25) is 0 Å². The van der Waals surface area contributed by atoms with Gasteiger partial charge in [0, 0.05) is 30.6 Å². The second-order valence-corrected chi connectivity index (χ2v) is 9.30. The Hall–Kier alpha value is -2.38. The number of morpholine rings is 1. The third-order valence-electron chi connectivity index (χ3n) is 4.73. The summed E-state index contributed by atoms with van der Waals surface area (Å²) in [4.78, 5) is 14.9. The van der Waals surface area contributed by atoms with E-state index in [-0.39, 0.29) is 17.7 Å². The van der Waals surface area contributed by atoms with Crippen LogP contribution in [-0.4, -0.2) is 46.9 Å². The number of carbonyl (C=O) groups excluding carboxylic acids is 1. The van der Waals surface area contributed by atoms with Gasteiger partial charge in [0.1, 0.15) is 0 Å². The molecule has 1 unspecified atom stereocenters. The Morgan fingerprint density at radius 2 is 1.82 bits per heavy atom. The predicted octanol–water partition coefficient (Wildman–Crippen LogP) is 2.56. The van der Waals surface area contributed by atoms with Crippen molar-refractivity contribution in [1.82, 2.24) is 5.32 Å². The minimum absolute atomic E-state index is 0.0767. The Bertz CT molecular complexity index is 920. The first-order chi connectivity index (χ1) is 13.3. The molecule has 1 N–H and O–H groups in total. The molecular formula is C21H26N2O4S. The second-order valence-electron chi connectivity index (χ2n) is 7.16. The van der Waals surface area contributed by atoms with Gasteiger partial charge in [-0.25, -0.2) is 8.42 Å². The van der Waals surface area contributed by atoms with Crippen LogP contribution in [0, 0.1) is 0 Å². The van der Waals surface area contributed by atoms with Crippen molar-refractivity contribution in [1.29, 1.82) is 0 Å². The largest absolute Gasteiger partial charge is 0.378 e. The molecule has 1 amide bonds. The van der Waals surface area contributed by atoms with Crippen LogP contribution in [-0.2, 0) is 20.3 Å². The first-order valence-electron chi connectivity index (χ1n) is 9.32. The lowest BCUT2D eigenvalue weighted by Crippen LogP contribution is -2.36. The summed E-state index contributed by atoms with van der Waals surface area (Å²) in [5, 5.41) is 2.98. The minimum Gasteiger partial charge on any atom is -0.378 e. The summed E-state index contributed by atoms with van der Waals surface area (Å²) in [5.74, 6) is -0.299. The lowest BCUT2D eigenvalue weighted by Gasteiger charge is -2.29. The topological polar surface area (TPSA) is 75.7 Å². The molecule has 28 heavy (non-hydrogen) atoms. The van der Waals surface area contributed by atoms with E-state index in [9.17, 15) is 13.2 Å². The lowest BCUT2D eigenvalue weighted by molar-refractivity contribution is 0.0939. The Morgan fingerprint density at radius 3 is 2.46 bits per heavy atom. The Balaban J connectivity index is 1.64. The molecule has 1 saturated heterocycles. The van der Waals surface area contributed by atoms with Crippen molar-refractivity contribution >= 4 is 21.4 Å². The van der Waals surface area contributed by atoms with Crippen molar-refractivity contribution in [2.24, 2.45) is 0 Å². The first kappa shape index (κ1) is 20.4. The summed E-state index contributed by atoms with van der Waals surface area (Å²) >= 11 is 0. The fraction of sp³-hybridized carbons (Fsp3) is 0.381. The van der Waals surface area contributed by atoms with Crippen molar-refractivity contribution in [2.75, 3.05) is 37.5 Å². The van der Waals surface area contributed by atoms with Gasteiger partial charge in [-0.15, -0.1) is 0 Å². The number of nitrogens with zero attached hydrogens (tertiary/aromatic N) is 1. The molecule has 1 aliphatic heterocycles. The van der Waals surface area contributed by atoms with Crippen molar-refractivity contribution < 1.29 is 17.9 Å². The highest BCUT2D eigenvalue weighted by molar-refractivity contribution is 7.89. The van der Waals surface area contributed by atoms with E-state index in [1.807, 2.05) is 19.1 Å². The number of benzene rings is 2. The van der Waals surface area contributed by atoms with E-state index >= 15 is 0 Å². The van der Waals surface area contributed by atoms with E-state index in [1.54, 1.807) is 24.3 Å². The number of amides is 1. The molecule has 6 nitrogen and oxygen atoms in total. The molecule has 150 valence electrons. The normalized spacial score (nSPS) is 15.9. The third-order valence-corrected chi connectivity index (χ3v) is 5.59. The van der Waals surface area contributed by atoms with Crippen LogP contribution < -0.4 is 10.2 Å². The third kappa shape index (κ3) is 5.56.